The number of hydrogen-bond donors (Lipinski definition) is 1. The van der Waals surface area contributed by atoms with Crippen molar-refractivity contribution < 1.29 is 4.79 Å². The lowest BCUT2D eigenvalue weighted by atomic mass is 9.93. The molecule has 0 aliphatic carbocycles. The summed E-state index contributed by atoms with van der Waals surface area (Å²) in [5, 5.41) is 0. The number of fused-ring (bicyclic) bond motifs is 1. The molecular formula is C24H31N5O2. The molecule has 164 valence electrons. The monoisotopic (exact) mass is 421 g/mol. The van der Waals surface area contributed by atoms with Crippen LogP contribution in [0.5, 0.6) is 0 Å². The van der Waals surface area contributed by atoms with Crippen molar-refractivity contribution in [2.75, 3.05) is 18.8 Å². The Labute approximate surface area is 182 Å². The number of hydrogen-bond acceptors (Lipinski definition) is 4. The van der Waals surface area contributed by atoms with Crippen LogP contribution in [-0.4, -0.2) is 38.0 Å². The van der Waals surface area contributed by atoms with E-state index in [4.69, 9.17) is 10.7 Å². The van der Waals surface area contributed by atoms with Crippen LogP contribution < -0.4 is 11.4 Å². The summed E-state index contributed by atoms with van der Waals surface area (Å²) < 4.78 is 3.44. The fraction of sp³-hybridized carbons (Fsp3) is 0.458. The summed E-state index contributed by atoms with van der Waals surface area (Å²) in [7, 11) is 1.77. The molecule has 1 unspecified atom stereocenters. The van der Waals surface area contributed by atoms with Crippen molar-refractivity contribution in [1.29, 1.82) is 0 Å². The normalized spacial score (nSPS) is 17.3. The lowest BCUT2D eigenvalue weighted by Gasteiger charge is -2.32. The number of pyridine rings is 1. The molecule has 1 aliphatic heterocycles. The van der Waals surface area contributed by atoms with Crippen molar-refractivity contribution in [1.82, 2.24) is 19.0 Å². The van der Waals surface area contributed by atoms with Crippen LogP contribution in [-0.2, 0) is 13.6 Å². The van der Waals surface area contributed by atoms with E-state index in [-0.39, 0.29) is 22.9 Å². The summed E-state index contributed by atoms with van der Waals surface area (Å²) >= 11 is 0. The van der Waals surface area contributed by atoms with Crippen LogP contribution in [0.4, 0.5) is 5.69 Å². The van der Waals surface area contributed by atoms with Gasteiger partial charge in [0, 0.05) is 49.5 Å². The van der Waals surface area contributed by atoms with Gasteiger partial charge in [-0.15, -0.1) is 0 Å². The van der Waals surface area contributed by atoms with Gasteiger partial charge in [-0.2, -0.15) is 0 Å². The van der Waals surface area contributed by atoms with E-state index in [1.165, 1.54) is 0 Å². The molecule has 3 heterocycles. The Morgan fingerprint density at radius 1 is 1.23 bits per heavy atom. The molecule has 3 aromatic rings. The number of nitrogen functional groups attached to an aromatic ring is 1. The first-order valence-corrected chi connectivity index (χ1v) is 10.8. The molecule has 1 amide bonds. The second-order valence-corrected chi connectivity index (χ2v) is 9.78. The molecule has 7 nitrogen and oxygen atoms in total. The fourth-order valence-electron chi connectivity index (χ4n) is 4.40. The predicted molar refractivity (Wildman–Crippen MR) is 123 cm³/mol. The molecule has 4 rings (SSSR count). The zero-order valence-corrected chi connectivity index (χ0v) is 18.8. The summed E-state index contributed by atoms with van der Waals surface area (Å²) in [4.78, 5) is 32.5. The van der Waals surface area contributed by atoms with Gasteiger partial charge in [-0.05, 0) is 48.6 Å². The van der Waals surface area contributed by atoms with E-state index in [0.717, 1.165) is 30.6 Å². The highest BCUT2D eigenvalue weighted by molar-refractivity contribution is 5.95. The predicted octanol–water partition coefficient (Wildman–Crippen LogP) is 3.38. The molecule has 1 atom stereocenters. The number of aryl methyl sites for hydroxylation is 1. The van der Waals surface area contributed by atoms with E-state index in [0.29, 0.717) is 30.0 Å². The number of carbonyl (C=O) groups excluding carboxylic acids is 1. The first-order chi connectivity index (χ1) is 14.6. The molecule has 1 saturated heterocycles. The van der Waals surface area contributed by atoms with E-state index < -0.39 is 0 Å². The van der Waals surface area contributed by atoms with Gasteiger partial charge in [0.1, 0.15) is 0 Å². The number of aromatic nitrogens is 3. The molecule has 2 aromatic heterocycles. The van der Waals surface area contributed by atoms with Crippen molar-refractivity contribution in [3.8, 4) is 0 Å². The number of nitrogens with zero attached hydrogens (tertiary/aromatic N) is 4. The molecular weight excluding hydrogens is 390 g/mol. The van der Waals surface area contributed by atoms with Crippen molar-refractivity contribution in [2.45, 2.75) is 46.1 Å². The Morgan fingerprint density at radius 2 is 2.00 bits per heavy atom. The smallest absolute Gasteiger partial charge is 0.330 e. The Kier molecular flexibility index (Phi) is 5.37. The van der Waals surface area contributed by atoms with Gasteiger partial charge in [0.15, 0.2) is 5.65 Å². The lowest BCUT2D eigenvalue weighted by Crippen LogP contribution is -2.39. The van der Waals surface area contributed by atoms with Gasteiger partial charge in [-0.1, -0.05) is 26.8 Å². The Morgan fingerprint density at radius 3 is 2.71 bits per heavy atom. The maximum Gasteiger partial charge on any atom is 0.330 e. The number of anilines is 1. The zero-order valence-electron chi connectivity index (χ0n) is 18.8. The quantitative estimate of drug-likeness (QED) is 0.657. The van der Waals surface area contributed by atoms with Gasteiger partial charge < -0.3 is 10.6 Å². The Bertz CT molecular complexity index is 1180. The van der Waals surface area contributed by atoms with Crippen LogP contribution in [0.15, 0.2) is 41.2 Å². The lowest BCUT2D eigenvalue weighted by molar-refractivity contribution is 0.0706. The summed E-state index contributed by atoms with van der Waals surface area (Å²) in [5.41, 5.74) is 9.49. The van der Waals surface area contributed by atoms with E-state index in [1.54, 1.807) is 29.8 Å². The topological polar surface area (TPSA) is 86.2 Å². The maximum absolute atomic E-state index is 13.0. The molecule has 0 spiro atoms. The maximum atomic E-state index is 13.0. The highest BCUT2D eigenvalue weighted by Crippen LogP contribution is 2.28. The van der Waals surface area contributed by atoms with Gasteiger partial charge >= 0.3 is 5.69 Å². The van der Waals surface area contributed by atoms with Crippen LogP contribution in [0.25, 0.3) is 11.2 Å². The molecule has 2 N–H and O–H groups in total. The largest absolute Gasteiger partial charge is 0.399 e. The minimum absolute atomic E-state index is 0.00167. The number of amides is 1. The number of piperidine rings is 1. The number of benzene rings is 1. The summed E-state index contributed by atoms with van der Waals surface area (Å²) in [6, 6.07) is 11.1. The standard InChI is InChI=1S/C24H31N5O2/c1-24(2,3)15-29-20-11-10-19(26-21(20)27(4)23(29)31)17-8-6-12-28(14-17)22(30)16-7-5-9-18(25)13-16/h5,7,9-11,13,17H,6,8,12,14-15,25H2,1-4H3. The molecule has 1 aromatic carbocycles. The number of likely N-dealkylation sites (tertiary alicyclic amines) is 1. The van der Waals surface area contributed by atoms with Crippen molar-refractivity contribution >= 4 is 22.8 Å². The van der Waals surface area contributed by atoms with E-state index in [2.05, 4.69) is 20.8 Å². The van der Waals surface area contributed by atoms with E-state index >= 15 is 0 Å². The van der Waals surface area contributed by atoms with Crippen LogP contribution in [0.3, 0.4) is 0 Å². The Balaban J connectivity index is 1.62. The molecule has 1 aliphatic rings. The van der Waals surface area contributed by atoms with Crippen LogP contribution in [0.2, 0.25) is 0 Å². The number of imidazole rings is 1. The van der Waals surface area contributed by atoms with Gasteiger partial charge in [0.25, 0.3) is 5.91 Å². The van der Waals surface area contributed by atoms with Crippen molar-refractivity contribution in [3.05, 3.63) is 58.1 Å². The van der Waals surface area contributed by atoms with E-state index in [1.807, 2.05) is 27.7 Å². The first kappa shape index (κ1) is 21.2. The van der Waals surface area contributed by atoms with Gasteiger partial charge in [0.05, 0.1) is 5.52 Å². The van der Waals surface area contributed by atoms with Crippen LogP contribution in [0.1, 0.15) is 55.6 Å². The van der Waals surface area contributed by atoms with Gasteiger partial charge in [-0.25, -0.2) is 9.78 Å². The highest BCUT2D eigenvalue weighted by atomic mass is 16.2. The van der Waals surface area contributed by atoms with Gasteiger partial charge in [0.2, 0.25) is 0 Å². The first-order valence-electron chi connectivity index (χ1n) is 10.8. The van der Waals surface area contributed by atoms with Crippen molar-refractivity contribution in [3.63, 3.8) is 0 Å². The third-order valence-corrected chi connectivity index (χ3v) is 5.90. The molecule has 7 heteroatoms. The number of carbonyl (C=O) groups is 1. The third kappa shape index (κ3) is 4.22. The minimum atomic E-state index is -0.0447. The molecule has 31 heavy (non-hydrogen) atoms. The average molecular weight is 422 g/mol. The summed E-state index contributed by atoms with van der Waals surface area (Å²) in [6.45, 7) is 8.34. The molecule has 1 fully saturated rings. The number of nitrogens with two attached hydrogens (primary N) is 1. The highest BCUT2D eigenvalue weighted by Gasteiger charge is 2.27. The van der Waals surface area contributed by atoms with Gasteiger partial charge in [-0.3, -0.25) is 13.9 Å². The van der Waals surface area contributed by atoms with Crippen LogP contribution in [0, 0.1) is 5.41 Å². The second kappa shape index (κ2) is 7.87. The minimum Gasteiger partial charge on any atom is -0.399 e. The second-order valence-electron chi connectivity index (χ2n) is 9.78. The molecule has 0 radical (unpaired) electrons. The number of rotatable bonds is 3. The van der Waals surface area contributed by atoms with Crippen molar-refractivity contribution in [2.24, 2.45) is 12.5 Å². The molecule has 0 saturated carbocycles. The fourth-order valence-corrected chi connectivity index (χ4v) is 4.40. The Hall–Kier alpha value is -3.09. The zero-order chi connectivity index (χ0) is 22.3. The van der Waals surface area contributed by atoms with E-state index in [9.17, 15) is 9.59 Å². The third-order valence-electron chi connectivity index (χ3n) is 5.90. The summed E-state index contributed by atoms with van der Waals surface area (Å²) in [5.74, 6) is 0.144. The SMILES string of the molecule is Cn1c(=O)n(CC(C)(C)C)c2ccc(C3CCCN(C(=O)c4cccc(N)c4)C3)nc21. The average Bonchev–Trinajstić information content (AvgIpc) is 2.96. The van der Waals surface area contributed by atoms with Crippen LogP contribution >= 0.6 is 0 Å². The molecule has 0 bridgehead atoms. The summed E-state index contributed by atoms with van der Waals surface area (Å²) in [6.07, 6.45) is 1.89.